The molecular formula is C15H13F2N3O. The van der Waals surface area contributed by atoms with Crippen LogP contribution in [0.25, 0.3) is 0 Å². The average Bonchev–Trinajstić information content (AvgIpc) is 2.51. The van der Waals surface area contributed by atoms with Gasteiger partial charge in [0, 0.05) is 11.3 Å². The molecule has 1 aromatic heterocycles. The molecule has 0 saturated heterocycles. The van der Waals surface area contributed by atoms with Gasteiger partial charge in [-0.15, -0.1) is 0 Å². The summed E-state index contributed by atoms with van der Waals surface area (Å²) in [5.74, 6) is -2.62. The maximum absolute atomic E-state index is 13.6. The highest BCUT2D eigenvalue weighted by Crippen LogP contribution is 2.23. The van der Waals surface area contributed by atoms with E-state index in [2.05, 4.69) is 15.3 Å². The van der Waals surface area contributed by atoms with Crippen LogP contribution in [0.1, 0.15) is 34.6 Å². The second kappa shape index (κ2) is 5.55. The van der Waals surface area contributed by atoms with Gasteiger partial charge in [-0.1, -0.05) is 6.07 Å². The molecule has 0 aliphatic heterocycles. The van der Waals surface area contributed by atoms with Crippen molar-refractivity contribution in [2.45, 2.75) is 25.7 Å². The number of hydrogen-bond donors (Lipinski definition) is 1. The van der Waals surface area contributed by atoms with E-state index in [1.165, 1.54) is 18.5 Å². The summed E-state index contributed by atoms with van der Waals surface area (Å²) in [6.07, 6.45) is 4.87. The number of aryl methyl sites for hydroxylation is 1. The first-order valence-electron chi connectivity index (χ1n) is 6.75. The molecule has 3 rings (SSSR count). The zero-order valence-corrected chi connectivity index (χ0v) is 11.2. The summed E-state index contributed by atoms with van der Waals surface area (Å²) < 4.78 is 26.7. The van der Waals surface area contributed by atoms with Crippen molar-refractivity contribution in [2.24, 2.45) is 0 Å². The van der Waals surface area contributed by atoms with E-state index in [-0.39, 0.29) is 11.4 Å². The molecule has 0 spiro atoms. The van der Waals surface area contributed by atoms with Crippen LogP contribution in [0.5, 0.6) is 0 Å². The highest BCUT2D eigenvalue weighted by Gasteiger charge is 2.21. The van der Waals surface area contributed by atoms with Crippen molar-refractivity contribution in [1.29, 1.82) is 0 Å². The first kappa shape index (κ1) is 13.6. The Bertz CT molecular complexity index is 703. The quantitative estimate of drug-likeness (QED) is 0.925. The van der Waals surface area contributed by atoms with Crippen molar-refractivity contribution >= 4 is 11.6 Å². The van der Waals surface area contributed by atoms with Gasteiger partial charge in [0.25, 0.3) is 5.91 Å². The minimum atomic E-state index is -1.08. The SMILES string of the molecule is O=C(Nc1cccc(F)c1F)c1ncnc2c1CCCC2. The zero-order chi connectivity index (χ0) is 14.8. The molecule has 4 nitrogen and oxygen atoms in total. The maximum atomic E-state index is 13.6. The standard InChI is InChI=1S/C15H13F2N3O/c16-10-5-3-7-12(13(10)17)20-15(21)14-9-4-1-2-6-11(9)18-8-19-14/h3,5,7-8H,1-2,4,6H2,(H,20,21). The lowest BCUT2D eigenvalue weighted by Gasteiger charge is -2.17. The molecule has 1 aliphatic carbocycles. The number of nitrogens with one attached hydrogen (secondary N) is 1. The Morgan fingerprint density at radius 2 is 1.95 bits per heavy atom. The Morgan fingerprint density at radius 1 is 1.14 bits per heavy atom. The number of hydrogen-bond acceptors (Lipinski definition) is 3. The number of rotatable bonds is 2. The van der Waals surface area contributed by atoms with Crippen LogP contribution in [-0.2, 0) is 12.8 Å². The fraction of sp³-hybridized carbons (Fsp3) is 0.267. The third-order valence-electron chi connectivity index (χ3n) is 3.54. The number of fused-ring (bicyclic) bond motifs is 1. The van der Waals surface area contributed by atoms with E-state index in [1.807, 2.05) is 0 Å². The monoisotopic (exact) mass is 289 g/mol. The summed E-state index contributed by atoms with van der Waals surface area (Å²) in [7, 11) is 0. The van der Waals surface area contributed by atoms with Crippen molar-refractivity contribution in [3.05, 3.63) is 53.1 Å². The van der Waals surface area contributed by atoms with Crippen LogP contribution < -0.4 is 5.32 Å². The number of benzene rings is 1. The molecule has 0 fully saturated rings. The van der Waals surface area contributed by atoms with Gasteiger partial charge in [0.15, 0.2) is 11.6 Å². The topological polar surface area (TPSA) is 54.9 Å². The number of aromatic nitrogens is 2. The summed E-state index contributed by atoms with van der Waals surface area (Å²) in [5, 5.41) is 2.37. The third kappa shape index (κ3) is 2.61. The van der Waals surface area contributed by atoms with E-state index in [0.717, 1.165) is 43.0 Å². The average molecular weight is 289 g/mol. The Morgan fingerprint density at radius 3 is 2.81 bits per heavy atom. The number of carbonyl (C=O) groups excluding carboxylic acids is 1. The van der Waals surface area contributed by atoms with Gasteiger partial charge in [-0.05, 0) is 37.8 Å². The maximum Gasteiger partial charge on any atom is 0.274 e. The molecule has 1 N–H and O–H groups in total. The molecule has 21 heavy (non-hydrogen) atoms. The Balaban J connectivity index is 1.91. The number of carbonyl (C=O) groups is 1. The molecule has 108 valence electrons. The normalized spacial score (nSPS) is 13.6. The summed E-state index contributed by atoms with van der Waals surface area (Å²) in [4.78, 5) is 20.4. The van der Waals surface area contributed by atoms with Crippen molar-refractivity contribution < 1.29 is 13.6 Å². The van der Waals surface area contributed by atoms with Crippen LogP contribution in [0.3, 0.4) is 0 Å². The minimum absolute atomic E-state index is 0.192. The molecule has 0 radical (unpaired) electrons. The molecule has 2 aromatic rings. The Labute approximate surface area is 120 Å². The van der Waals surface area contributed by atoms with Crippen molar-refractivity contribution in [2.75, 3.05) is 5.32 Å². The van der Waals surface area contributed by atoms with Gasteiger partial charge in [-0.2, -0.15) is 0 Å². The predicted molar refractivity (Wildman–Crippen MR) is 73.0 cm³/mol. The molecule has 0 saturated carbocycles. The predicted octanol–water partition coefficient (Wildman–Crippen LogP) is 2.89. The fourth-order valence-corrected chi connectivity index (χ4v) is 2.50. The fourth-order valence-electron chi connectivity index (χ4n) is 2.50. The molecular weight excluding hydrogens is 276 g/mol. The second-order valence-corrected chi connectivity index (χ2v) is 4.91. The van der Waals surface area contributed by atoms with E-state index in [9.17, 15) is 13.6 Å². The number of halogens is 2. The number of nitrogens with zero attached hydrogens (tertiary/aromatic N) is 2. The summed E-state index contributed by atoms with van der Waals surface area (Å²) in [5.41, 5.74) is 1.71. The lowest BCUT2D eigenvalue weighted by Crippen LogP contribution is -2.20. The van der Waals surface area contributed by atoms with Gasteiger partial charge >= 0.3 is 0 Å². The smallest absolute Gasteiger partial charge is 0.274 e. The highest BCUT2D eigenvalue weighted by molar-refractivity contribution is 6.04. The van der Waals surface area contributed by atoms with Gasteiger partial charge < -0.3 is 5.32 Å². The van der Waals surface area contributed by atoms with Crippen LogP contribution in [0.15, 0.2) is 24.5 Å². The molecule has 1 amide bonds. The van der Waals surface area contributed by atoms with Crippen molar-refractivity contribution in [1.82, 2.24) is 9.97 Å². The Kier molecular flexibility index (Phi) is 3.60. The lowest BCUT2D eigenvalue weighted by molar-refractivity contribution is 0.102. The van der Waals surface area contributed by atoms with E-state index < -0.39 is 17.5 Å². The van der Waals surface area contributed by atoms with Crippen LogP contribution in [0.4, 0.5) is 14.5 Å². The van der Waals surface area contributed by atoms with Gasteiger partial charge in [0.05, 0.1) is 5.69 Å². The first-order chi connectivity index (χ1) is 10.2. The second-order valence-electron chi connectivity index (χ2n) is 4.91. The largest absolute Gasteiger partial charge is 0.318 e. The highest BCUT2D eigenvalue weighted by atomic mass is 19.2. The minimum Gasteiger partial charge on any atom is -0.318 e. The molecule has 0 atom stereocenters. The van der Waals surface area contributed by atoms with Crippen LogP contribution in [0, 0.1) is 11.6 Å². The molecule has 1 heterocycles. The molecule has 0 bridgehead atoms. The van der Waals surface area contributed by atoms with Gasteiger partial charge in [0.2, 0.25) is 0 Å². The lowest BCUT2D eigenvalue weighted by atomic mass is 9.94. The van der Waals surface area contributed by atoms with E-state index in [1.54, 1.807) is 0 Å². The van der Waals surface area contributed by atoms with Gasteiger partial charge in [-0.3, -0.25) is 4.79 Å². The first-order valence-corrected chi connectivity index (χ1v) is 6.75. The van der Waals surface area contributed by atoms with E-state index >= 15 is 0 Å². The van der Waals surface area contributed by atoms with Crippen molar-refractivity contribution in [3.8, 4) is 0 Å². The molecule has 1 aliphatic rings. The summed E-state index contributed by atoms with van der Waals surface area (Å²) in [6.45, 7) is 0. The van der Waals surface area contributed by atoms with Crippen LogP contribution in [0.2, 0.25) is 0 Å². The van der Waals surface area contributed by atoms with Gasteiger partial charge in [-0.25, -0.2) is 18.7 Å². The van der Waals surface area contributed by atoms with Gasteiger partial charge in [0.1, 0.15) is 12.0 Å². The van der Waals surface area contributed by atoms with Crippen molar-refractivity contribution in [3.63, 3.8) is 0 Å². The molecule has 6 heteroatoms. The summed E-state index contributed by atoms with van der Waals surface area (Å²) >= 11 is 0. The van der Waals surface area contributed by atoms with E-state index in [4.69, 9.17) is 0 Å². The zero-order valence-electron chi connectivity index (χ0n) is 11.2. The number of anilines is 1. The van der Waals surface area contributed by atoms with Crippen LogP contribution in [-0.4, -0.2) is 15.9 Å². The van der Waals surface area contributed by atoms with Crippen LogP contribution >= 0.6 is 0 Å². The van der Waals surface area contributed by atoms with E-state index in [0.29, 0.717) is 0 Å². The number of amides is 1. The molecule has 0 unspecified atom stereocenters. The Hall–Kier alpha value is -2.37. The molecule has 1 aromatic carbocycles. The third-order valence-corrected chi connectivity index (χ3v) is 3.54. The summed E-state index contributed by atoms with van der Waals surface area (Å²) in [6, 6.07) is 3.64.